The maximum atomic E-state index is 11.7. The van der Waals surface area contributed by atoms with E-state index in [2.05, 4.69) is 6.92 Å². The molecule has 2 atom stereocenters. The summed E-state index contributed by atoms with van der Waals surface area (Å²) in [5, 5.41) is 0. The lowest BCUT2D eigenvalue weighted by Crippen LogP contribution is -2.32. The maximum absolute atomic E-state index is 11.7. The summed E-state index contributed by atoms with van der Waals surface area (Å²) in [6, 6.07) is 0. The summed E-state index contributed by atoms with van der Waals surface area (Å²) >= 11 is 0. The Morgan fingerprint density at radius 1 is 1.22 bits per heavy atom. The van der Waals surface area contributed by atoms with Gasteiger partial charge in [0.05, 0.1) is 11.5 Å². The Bertz CT molecular complexity index is 291. The van der Waals surface area contributed by atoms with E-state index < -0.39 is 11.2 Å². The van der Waals surface area contributed by atoms with Gasteiger partial charge in [0.2, 0.25) is 0 Å². The fourth-order valence-corrected chi connectivity index (χ4v) is 1.95. The largest absolute Gasteiger partial charge is 0.462 e. The summed E-state index contributed by atoms with van der Waals surface area (Å²) in [4.78, 5) is 11.7. The second-order valence-electron chi connectivity index (χ2n) is 6.35. The molecule has 1 unspecified atom stereocenters. The van der Waals surface area contributed by atoms with E-state index in [-0.39, 0.29) is 24.8 Å². The minimum absolute atomic E-state index is 0.0118. The highest BCUT2D eigenvalue weighted by Crippen LogP contribution is 2.31. The summed E-state index contributed by atoms with van der Waals surface area (Å²) in [5.41, 5.74) is -0.477. The number of hydrogen-bond donors (Lipinski definition) is 0. The molecule has 0 aliphatic carbocycles. The molecule has 1 rings (SSSR count). The first-order valence-corrected chi connectivity index (χ1v) is 6.68. The van der Waals surface area contributed by atoms with Crippen LogP contribution in [-0.2, 0) is 19.0 Å². The van der Waals surface area contributed by atoms with Crippen LogP contribution < -0.4 is 0 Å². The summed E-state index contributed by atoms with van der Waals surface area (Å²) in [7, 11) is 0. The highest BCUT2D eigenvalue weighted by molar-refractivity contribution is 5.75. The summed E-state index contributed by atoms with van der Waals surface area (Å²) < 4.78 is 16.9. The molecule has 0 bridgehead atoms. The Morgan fingerprint density at radius 3 is 2.28 bits per heavy atom. The number of carbonyl (C=O) groups excluding carboxylic acids is 1. The maximum Gasteiger partial charge on any atom is 0.311 e. The molecule has 1 fully saturated rings. The fourth-order valence-electron chi connectivity index (χ4n) is 1.95. The van der Waals surface area contributed by atoms with Crippen LogP contribution >= 0.6 is 0 Å². The van der Waals surface area contributed by atoms with Crippen LogP contribution in [0.1, 0.15) is 54.4 Å². The fraction of sp³-hybridized carbons (Fsp3) is 0.929. The molecular formula is C14H26O4. The highest BCUT2D eigenvalue weighted by atomic mass is 16.8. The minimum atomic E-state index is -0.585. The van der Waals surface area contributed by atoms with Gasteiger partial charge in [0.1, 0.15) is 12.7 Å². The zero-order valence-corrected chi connectivity index (χ0v) is 12.4. The highest BCUT2D eigenvalue weighted by Gasteiger charge is 2.41. The third kappa shape index (κ3) is 4.25. The molecule has 4 nitrogen and oxygen atoms in total. The van der Waals surface area contributed by atoms with Gasteiger partial charge in [-0.25, -0.2) is 0 Å². The number of ether oxygens (including phenoxy) is 3. The molecule has 1 aliphatic heterocycles. The molecule has 4 heteroatoms. The molecule has 1 saturated heterocycles. The SMILES string of the molecule is CCCC1OC(C)(C)O[C@@H]1COC(=O)C(C)(C)C. The average Bonchev–Trinajstić information content (AvgIpc) is 2.49. The van der Waals surface area contributed by atoms with E-state index in [1.807, 2.05) is 34.6 Å². The van der Waals surface area contributed by atoms with Gasteiger partial charge in [-0.1, -0.05) is 13.3 Å². The van der Waals surface area contributed by atoms with Gasteiger partial charge in [0, 0.05) is 0 Å². The van der Waals surface area contributed by atoms with Crippen molar-refractivity contribution in [3.8, 4) is 0 Å². The lowest BCUT2D eigenvalue weighted by molar-refractivity contribution is -0.165. The molecule has 106 valence electrons. The van der Waals surface area contributed by atoms with Crippen LogP contribution in [0, 0.1) is 5.41 Å². The van der Waals surface area contributed by atoms with Crippen molar-refractivity contribution in [2.24, 2.45) is 5.41 Å². The van der Waals surface area contributed by atoms with Crippen molar-refractivity contribution in [1.82, 2.24) is 0 Å². The monoisotopic (exact) mass is 258 g/mol. The predicted octanol–water partition coefficient (Wildman–Crippen LogP) is 2.90. The standard InChI is InChI=1S/C14H26O4/c1-7-8-10-11(18-14(5,6)17-10)9-16-12(15)13(2,3)4/h10-11H,7-9H2,1-6H3/t10?,11-/m1/s1. The summed E-state index contributed by atoms with van der Waals surface area (Å²) in [6.07, 6.45) is 1.79. The van der Waals surface area contributed by atoms with Gasteiger partial charge in [-0.05, 0) is 41.0 Å². The molecular weight excluding hydrogens is 232 g/mol. The topological polar surface area (TPSA) is 44.8 Å². The van der Waals surface area contributed by atoms with E-state index >= 15 is 0 Å². The van der Waals surface area contributed by atoms with Gasteiger partial charge in [-0.2, -0.15) is 0 Å². The molecule has 0 spiro atoms. The lowest BCUT2D eigenvalue weighted by atomic mass is 9.97. The van der Waals surface area contributed by atoms with Crippen molar-refractivity contribution in [2.45, 2.75) is 72.4 Å². The molecule has 0 aromatic carbocycles. The van der Waals surface area contributed by atoms with Crippen molar-refractivity contribution in [1.29, 1.82) is 0 Å². The first kappa shape index (κ1) is 15.4. The molecule has 0 amide bonds. The Kier molecular flexibility index (Phi) is 4.78. The molecule has 0 N–H and O–H groups in total. The number of rotatable bonds is 4. The quantitative estimate of drug-likeness (QED) is 0.727. The molecule has 1 aliphatic rings. The van der Waals surface area contributed by atoms with E-state index in [0.717, 1.165) is 12.8 Å². The van der Waals surface area contributed by atoms with Gasteiger partial charge in [-0.15, -0.1) is 0 Å². The van der Waals surface area contributed by atoms with Crippen LogP contribution in [0.15, 0.2) is 0 Å². The third-order valence-electron chi connectivity index (χ3n) is 2.85. The van der Waals surface area contributed by atoms with E-state index in [4.69, 9.17) is 14.2 Å². The zero-order valence-electron chi connectivity index (χ0n) is 12.4. The molecule has 1 heterocycles. The van der Waals surface area contributed by atoms with Crippen LogP contribution in [0.2, 0.25) is 0 Å². The van der Waals surface area contributed by atoms with Crippen LogP contribution in [0.4, 0.5) is 0 Å². The van der Waals surface area contributed by atoms with E-state index in [0.29, 0.717) is 0 Å². The number of hydrogen-bond acceptors (Lipinski definition) is 4. The van der Waals surface area contributed by atoms with Crippen molar-refractivity contribution in [2.75, 3.05) is 6.61 Å². The number of esters is 1. The van der Waals surface area contributed by atoms with Gasteiger partial charge in [0.25, 0.3) is 0 Å². The zero-order chi connectivity index (χ0) is 14.0. The molecule has 0 radical (unpaired) electrons. The van der Waals surface area contributed by atoms with Crippen molar-refractivity contribution in [3.63, 3.8) is 0 Å². The summed E-state index contributed by atoms with van der Waals surface area (Å²) in [6.45, 7) is 11.7. The van der Waals surface area contributed by atoms with Crippen molar-refractivity contribution >= 4 is 5.97 Å². The molecule has 0 aromatic heterocycles. The summed E-state index contributed by atoms with van der Waals surface area (Å²) in [5.74, 6) is -0.787. The minimum Gasteiger partial charge on any atom is -0.462 e. The van der Waals surface area contributed by atoms with Gasteiger partial charge in [0.15, 0.2) is 5.79 Å². The average molecular weight is 258 g/mol. The normalized spacial score (nSPS) is 27.2. The smallest absolute Gasteiger partial charge is 0.311 e. The van der Waals surface area contributed by atoms with Crippen molar-refractivity contribution < 1.29 is 19.0 Å². The second kappa shape index (κ2) is 5.57. The Labute approximate surface area is 110 Å². The Morgan fingerprint density at radius 2 is 1.78 bits per heavy atom. The van der Waals surface area contributed by atoms with E-state index in [1.54, 1.807) is 0 Å². The van der Waals surface area contributed by atoms with Crippen LogP contribution in [-0.4, -0.2) is 30.6 Å². The van der Waals surface area contributed by atoms with Crippen molar-refractivity contribution in [3.05, 3.63) is 0 Å². The first-order valence-electron chi connectivity index (χ1n) is 6.68. The van der Waals surface area contributed by atoms with Crippen LogP contribution in [0.3, 0.4) is 0 Å². The van der Waals surface area contributed by atoms with Gasteiger partial charge in [-0.3, -0.25) is 4.79 Å². The van der Waals surface area contributed by atoms with E-state index in [1.165, 1.54) is 0 Å². The van der Waals surface area contributed by atoms with Gasteiger partial charge < -0.3 is 14.2 Å². The first-order chi connectivity index (χ1) is 8.15. The lowest BCUT2D eigenvalue weighted by Gasteiger charge is -2.20. The van der Waals surface area contributed by atoms with Gasteiger partial charge >= 0.3 is 5.97 Å². The van der Waals surface area contributed by atoms with Crippen LogP contribution in [0.5, 0.6) is 0 Å². The van der Waals surface area contributed by atoms with E-state index in [9.17, 15) is 4.79 Å². The predicted molar refractivity (Wildman–Crippen MR) is 69.1 cm³/mol. The van der Waals surface area contributed by atoms with Crippen LogP contribution in [0.25, 0.3) is 0 Å². The molecule has 0 aromatic rings. The number of carbonyl (C=O) groups is 1. The molecule has 18 heavy (non-hydrogen) atoms. The third-order valence-corrected chi connectivity index (χ3v) is 2.85. The molecule has 0 saturated carbocycles. The Balaban J connectivity index is 2.52. The Hall–Kier alpha value is -0.610. The second-order valence-corrected chi connectivity index (χ2v) is 6.35.